The summed E-state index contributed by atoms with van der Waals surface area (Å²) in [5.74, 6) is 0.203. The molecule has 0 saturated heterocycles. The number of aromatic nitrogens is 2. The molecule has 2 aromatic rings. The van der Waals surface area contributed by atoms with Gasteiger partial charge in [-0.1, -0.05) is 20.8 Å². The van der Waals surface area contributed by atoms with Gasteiger partial charge in [0.1, 0.15) is 0 Å². The number of rotatable bonds is 0. The molecular weight excluding hydrogens is 250 g/mol. The summed E-state index contributed by atoms with van der Waals surface area (Å²) in [6.07, 6.45) is 2.57. The Morgan fingerprint density at radius 3 is 2.90 bits per heavy atom. The molecule has 0 fully saturated rings. The van der Waals surface area contributed by atoms with Crippen molar-refractivity contribution in [3.05, 3.63) is 35.7 Å². The number of nitrogens with zero attached hydrogens (tertiary/aromatic N) is 3. The van der Waals surface area contributed by atoms with Crippen LogP contribution in [0.25, 0.3) is 11.0 Å². The van der Waals surface area contributed by atoms with E-state index >= 15 is 0 Å². The van der Waals surface area contributed by atoms with Crippen LogP contribution < -0.4 is 0 Å². The van der Waals surface area contributed by atoms with E-state index in [9.17, 15) is 4.79 Å². The molecule has 4 nitrogen and oxygen atoms in total. The maximum atomic E-state index is 12.4. The van der Waals surface area contributed by atoms with Crippen LogP contribution in [0.5, 0.6) is 0 Å². The normalized spacial score (nSPS) is 15.2. The molecule has 4 heteroatoms. The molecular formula is C16H19N3O. The predicted molar refractivity (Wildman–Crippen MR) is 78.1 cm³/mol. The van der Waals surface area contributed by atoms with Crippen molar-refractivity contribution in [1.82, 2.24) is 14.9 Å². The monoisotopic (exact) mass is 269 g/mol. The van der Waals surface area contributed by atoms with Crippen LogP contribution in [-0.4, -0.2) is 27.3 Å². The first-order valence-corrected chi connectivity index (χ1v) is 6.98. The van der Waals surface area contributed by atoms with Crippen molar-refractivity contribution in [2.45, 2.75) is 33.7 Å². The molecule has 0 spiro atoms. The number of fused-ring (bicyclic) bond motifs is 2. The molecule has 0 radical (unpaired) electrons. The minimum absolute atomic E-state index is 0.203. The Morgan fingerprint density at radius 2 is 2.15 bits per heavy atom. The third-order valence-electron chi connectivity index (χ3n) is 3.67. The van der Waals surface area contributed by atoms with Crippen LogP contribution in [0, 0.1) is 5.41 Å². The molecule has 1 aliphatic rings. The zero-order valence-electron chi connectivity index (χ0n) is 12.2. The summed E-state index contributed by atoms with van der Waals surface area (Å²) in [5, 5.41) is 1.04. The van der Waals surface area contributed by atoms with Gasteiger partial charge in [-0.2, -0.15) is 0 Å². The van der Waals surface area contributed by atoms with E-state index in [4.69, 9.17) is 0 Å². The van der Waals surface area contributed by atoms with Gasteiger partial charge in [0, 0.05) is 42.2 Å². The summed E-state index contributed by atoms with van der Waals surface area (Å²) >= 11 is 0. The maximum absolute atomic E-state index is 12.4. The van der Waals surface area contributed by atoms with Crippen molar-refractivity contribution in [1.29, 1.82) is 0 Å². The number of hydrogen-bond donors (Lipinski definition) is 0. The molecule has 0 saturated carbocycles. The van der Waals surface area contributed by atoms with E-state index in [0.29, 0.717) is 6.54 Å². The van der Waals surface area contributed by atoms with Crippen LogP contribution in [-0.2, 0) is 17.8 Å². The van der Waals surface area contributed by atoms with Crippen LogP contribution >= 0.6 is 0 Å². The highest BCUT2D eigenvalue weighted by atomic mass is 16.2. The SMILES string of the molecule is CC(C)(C)C(=O)N1CCc2nc3ncccc3cc2C1. The average molecular weight is 269 g/mol. The first-order valence-electron chi connectivity index (χ1n) is 6.98. The van der Waals surface area contributed by atoms with Gasteiger partial charge in [-0.25, -0.2) is 9.97 Å². The number of amides is 1. The molecule has 104 valence electrons. The topological polar surface area (TPSA) is 46.1 Å². The molecule has 0 N–H and O–H groups in total. The van der Waals surface area contributed by atoms with Crippen LogP contribution in [0.1, 0.15) is 32.0 Å². The summed E-state index contributed by atoms with van der Waals surface area (Å²) in [6.45, 7) is 7.30. The van der Waals surface area contributed by atoms with Crippen molar-refractivity contribution >= 4 is 16.9 Å². The summed E-state index contributed by atoms with van der Waals surface area (Å²) < 4.78 is 0. The van der Waals surface area contributed by atoms with E-state index in [-0.39, 0.29) is 11.3 Å². The molecule has 2 aromatic heterocycles. The lowest BCUT2D eigenvalue weighted by Crippen LogP contribution is -2.42. The summed E-state index contributed by atoms with van der Waals surface area (Å²) in [6, 6.07) is 6.05. The molecule has 0 aliphatic carbocycles. The van der Waals surface area contributed by atoms with Crippen molar-refractivity contribution in [3.63, 3.8) is 0 Å². The van der Waals surface area contributed by atoms with Crippen molar-refractivity contribution in [2.24, 2.45) is 5.41 Å². The third kappa shape index (κ3) is 2.26. The minimum atomic E-state index is -0.330. The van der Waals surface area contributed by atoms with Gasteiger partial charge in [-0.15, -0.1) is 0 Å². The Bertz CT molecular complexity index is 673. The van der Waals surface area contributed by atoms with Crippen molar-refractivity contribution in [3.8, 4) is 0 Å². The first-order chi connectivity index (χ1) is 9.45. The molecule has 0 aromatic carbocycles. The number of carbonyl (C=O) groups excluding carboxylic acids is 1. The standard InChI is InChI=1S/C16H19N3O/c1-16(2,3)15(20)19-8-6-13-12(10-19)9-11-5-4-7-17-14(11)18-13/h4-5,7,9H,6,8,10H2,1-3H3. The quantitative estimate of drug-likeness (QED) is 0.738. The Hall–Kier alpha value is -1.97. The van der Waals surface area contributed by atoms with Crippen LogP contribution in [0.15, 0.2) is 24.4 Å². The van der Waals surface area contributed by atoms with Gasteiger partial charge in [0.05, 0.1) is 0 Å². The van der Waals surface area contributed by atoms with Crippen molar-refractivity contribution < 1.29 is 4.79 Å². The Balaban J connectivity index is 1.95. The fraction of sp³-hybridized carbons (Fsp3) is 0.438. The van der Waals surface area contributed by atoms with E-state index in [2.05, 4.69) is 16.0 Å². The molecule has 1 amide bonds. The lowest BCUT2D eigenvalue weighted by molar-refractivity contribution is -0.140. The zero-order chi connectivity index (χ0) is 14.3. The fourth-order valence-electron chi connectivity index (χ4n) is 2.61. The lowest BCUT2D eigenvalue weighted by atomic mass is 9.93. The van der Waals surface area contributed by atoms with Crippen molar-refractivity contribution in [2.75, 3.05) is 6.54 Å². The van der Waals surface area contributed by atoms with Crippen LogP contribution in [0.2, 0.25) is 0 Å². The van der Waals surface area contributed by atoms with Gasteiger partial charge < -0.3 is 4.90 Å². The molecule has 3 rings (SSSR count). The highest BCUT2D eigenvalue weighted by Crippen LogP contribution is 2.25. The smallest absolute Gasteiger partial charge is 0.228 e. The molecule has 1 aliphatic heterocycles. The van der Waals surface area contributed by atoms with Crippen LogP contribution in [0.3, 0.4) is 0 Å². The Labute approximate surface area is 118 Å². The van der Waals surface area contributed by atoms with Gasteiger partial charge in [0.15, 0.2) is 5.65 Å². The maximum Gasteiger partial charge on any atom is 0.228 e. The molecule has 0 unspecified atom stereocenters. The molecule has 0 bridgehead atoms. The van der Waals surface area contributed by atoms with E-state index in [0.717, 1.165) is 35.3 Å². The number of hydrogen-bond acceptors (Lipinski definition) is 3. The second-order valence-electron chi connectivity index (χ2n) is 6.37. The highest BCUT2D eigenvalue weighted by Gasteiger charge is 2.30. The largest absolute Gasteiger partial charge is 0.337 e. The summed E-state index contributed by atoms with van der Waals surface area (Å²) in [4.78, 5) is 23.2. The molecule has 20 heavy (non-hydrogen) atoms. The molecule has 3 heterocycles. The second kappa shape index (κ2) is 4.54. The zero-order valence-corrected chi connectivity index (χ0v) is 12.2. The van der Waals surface area contributed by atoms with Gasteiger partial charge in [-0.05, 0) is 23.8 Å². The predicted octanol–water partition coefficient (Wildman–Crippen LogP) is 2.56. The minimum Gasteiger partial charge on any atom is -0.337 e. The van der Waals surface area contributed by atoms with Gasteiger partial charge >= 0.3 is 0 Å². The average Bonchev–Trinajstić information content (AvgIpc) is 2.42. The van der Waals surface area contributed by atoms with Gasteiger partial charge in [0.2, 0.25) is 5.91 Å². The van der Waals surface area contributed by atoms with E-state index in [1.165, 1.54) is 0 Å². The van der Waals surface area contributed by atoms with E-state index < -0.39 is 0 Å². The summed E-state index contributed by atoms with van der Waals surface area (Å²) in [7, 11) is 0. The lowest BCUT2D eigenvalue weighted by Gasteiger charge is -2.33. The number of carbonyl (C=O) groups is 1. The van der Waals surface area contributed by atoms with E-state index in [1.807, 2.05) is 37.8 Å². The number of pyridine rings is 2. The van der Waals surface area contributed by atoms with E-state index in [1.54, 1.807) is 6.20 Å². The Kier molecular flexibility index (Phi) is 2.96. The first kappa shape index (κ1) is 13.0. The van der Waals surface area contributed by atoms with Gasteiger partial charge in [-0.3, -0.25) is 4.79 Å². The van der Waals surface area contributed by atoms with Gasteiger partial charge in [0.25, 0.3) is 0 Å². The summed E-state index contributed by atoms with van der Waals surface area (Å²) in [5.41, 5.74) is 2.69. The van der Waals surface area contributed by atoms with Crippen LogP contribution in [0.4, 0.5) is 0 Å². The third-order valence-corrected chi connectivity index (χ3v) is 3.67. The fourth-order valence-corrected chi connectivity index (χ4v) is 2.61. The Morgan fingerprint density at radius 1 is 1.35 bits per heavy atom. The second-order valence-corrected chi connectivity index (χ2v) is 6.37. The highest BCUT2D eigenvalue weighted by molar-refractivity contribution is 5.82. The molecule has 0 atom stereocenters.